The average molecular weight is 475 g/mol. The second-order valence-electron chi connectivity index (χ2n) is 6.88. The maximum atomic E-state index is 12.3. The molecule has 1 aromatic rings. The first kappa shape index (κ1) is 23.1. The second kappa shape index (κ2) is 10.0. The summed E-state index contributed by atoms with van der Waals surface area (Å²) in [4.78, 5) is 0. The Bertz CT molecular complexity index is 859. The summed E-state index contributed by atoms with van der Waals surface area (Å²) in [7, 11) is -2.05. The molecule has 1 aliphatic heterocycles. The van der Waals surface area contributed by atoms with E-state index in [0.29, 0.717) is 29.6 Å². The van der Waals surface area contributed by atoms with Crippen molar-refractivity contribution in [1.82, 2.24) is 0 Å². The molecule has 28 heavy (non-hydrogen) atoms. The standard InChI is InChI=1S/C20H27BrO6S/c1-3-13(8-14-9-16(21)5-7-17(14)23)4-6-18(24)20-15(11-27-2)12-28(25,26)19(20)10-22/h5,7-9,18-19,22-24H,3-4,6,10-12H2,1-2H3/b13-8+/t18-,19+/m1/s1. The van der Waals surface area contributed by atoms with E-state index in [9.17, 15) is 23.7 Å². The fourth-order valence-electron chi connectivity index (χ4n) is 3.50. The van der Waals surface area contributed by atoms with E-state index in [1.54, 1.807) is 12.1 Å². The Labute approximate surface area is 174 Å². The van der Waals surface area contributed by atoms with E-state index < -0.39 is 27.8 Å². The van der Waals surface area contributed by atoms with E-state index in [1.165, 1.54) is 7.11 Å². The summed E-state index contributed by atoms with van der Waals surface area (Å²) in [5.41, 5.74) is 2.59. The molecule has 0 saturated heterocycles. The normalized spacial score (nSPS) is 20.6. The molecule has 0 spiro atoms. The number of allylic oxidation sites excluding steroid dienone is 1. The molecule has 0 aliphatic carbocycles. The van der Waals surface area contributed by atoms with Crippen LogP contribution in [-0.4, -0.2) is 61.2 Å². The Morgan fingerprint density at radius 2 is 2.14 bits per heavy atom. The number of benzene rings is 1. The van der Waals surface area contributed by atoms with Crippen LogP contribution in [0.25, 0.3) is 6.08 Å². The van der Waals surface area contributed by atoms with Crippen molar-refractivity contribution in [2.75, 3.05) is 26.1 Å². The number of methoxy groups -OCH3 is 1. The zero-order valence-corrected chi connectivity index (χ0v) is 18.5. The zero-order chi connectivity index (χ0) is 20.9. The molecule has 1 aromatic carbocycles. The predicted octanol–water partition coefficient (Wildman–Crippen LogP) is 2.82. The Morgan fingerprint density at radius 3 is 2.75 bits per heavy atom. The minimum Gasteiger partial charge on any atom is -0.507 e. The third kappa shape index (κ3) is 5.45. The van der Waals surface area contributed by atoms with Gasteiger partial charge >= 0.3 is 0 Å². The average Bonchev–Trinajstić information content (AvgIpc) is 2.90. The lowest BCUT2D eigenvalue weighted by atomic mass is 9.94. The van der Waals surface area contributed by atoms with Gasteiger partial charge in [-0.2, -0.15) is 0 Å². The zero-order valence-electron chi connectivity index (χ0n) is 16.1. The van der Waals surface area contributed by atoms with Crippen LogP contribution < -0.4 is 0 Å². The number of phenols is 1. The number of hydrogen-bond donors (Lipinski definition) is 3. The molecule has 0 fully saturated rings. The van der Waals surface area contributed by atoms with Gasteiger partial charge in [0.1, 0.15) is 11.0 Å². The van der Waals surface area contributed by atoms with Gasteiger partial charge in [0.15, 0.2) is 9.84 Å². The maximum absolute atomic E-state index is 12.3. The van der Waals surface area contributed by atoms with Gasteiger partial charge in [-0.25, -0.2) is 8.42 Å². The highest BCUT2D eigenvalue weighted by molar-refractivity contribution is 9.10. The molecule has 156 valence electrons. The molecule has 1 aliphatic rings. The topological polar surface area (TPSA) is 104 Å². The molecule has 0 saturated carbocycles. The van der Waals surface area contributed by atoms with Crippen LogP contribution in [0, 0.1) is 0 Å². The van der Waals surface area contributed by atoms with Crippen molar-refractivity contribution < 1.29 is 28.5 Å². The quantitative estimate of drug-likeness (QED) is 0.475. The number of halogens is 1. The van der Waals surface area contributed by atoms with E-state index in [-0.39, 0.29) is 18.1 Å². The Hall–Kier alpha value is -1.19. The molecule has 6 nitrogen and oxygen atoms in total. The predicted molar refractivity (Wildman–Crippen MR) is 113 cm³/mol. The molecular formula is C20H27BrO6S. The van der Waals surface area contributed by atoms with Crippen molar-refractivity contribution >= 4 is 31.8 Å². The van der Waals surface area contributed by atoms with Gasteiger partial charge in [0, 0.05) is 17.1 Å². The number of rotatable bonds is 9. The van der Waals surface area contributed by atoms with Gasteiger partial charge in [-0.1, -0.05) is 34.5 Å². The van der Waals surface area contributed by atoms with Gasteiger partial charge in [-0.05, 0) is 48.6 Å². The van der Waals surface area contributed by atoms with E-state index in [4.69, 9.17) is 4.74 Å². The van der Waals surface area contributed by atoms with E-state index in [0.717, 1.165) is 16.5 Å². The van der Waals surface area contributed by atoms with Gasteiger partial charge in [0.05, 0.1) is 25.1 Å². The first-order chi connectivity index (χ1) is 13.2. The first-order valence-electron chi connectivity index (χ1n) is 9.12. The maximum Gasteiger partial charge on any atom is 0.163 e. The van der Waals surface area contributed by atoms with Gasteiger partial charge < -0.3 is 20.1 Å². The molecule has 2 rings (SSSR count). The number of ether oxygens (including phenoxy) is 1. The van der Waals surface area contributed by atoms with Crippen molar-refractivity contribution in [3.05, 3.63) is 45.0 Å². The molecule has 0 amide bonds. The summed E-state index contributed by atoms with van der Waals surface area (Å²) >= 11 is 3.38. The fourth-order valence-corrected chi connectivity index (χ4v) is 5.75. The van der Waals surface area contributed by atoms with E-state index >= 15 is 0 Å². The highest BCUT2D eigenvalue weighted by Crippen LogP contribution is 2.33. The SMILES string of the molecule is CC/C(=C\c1cc(Br)ccc1O)CC[C@@H](O)C1=C(COC)CS(=O)(=O)[C@H]1CO. The van der Waals surface area contributed by atoms with Crippen LogP contribution in [0.1, 0.15) is 31.7 Å². The Kier molecular flexibility index (Phi) is 8.27. The van der Waals surface area contributed by atoms with Gasteiger partial charge in [0.25, 0.3) is 0 Å². The monoisotopic (exact) mass is 474 g/mol. The molecule has 3 N–H and O–H groups in total. The minimum atomic E-state index is -3.52. The summed E-state index contributed by atoms with van der Waals surface area (Å²) in [6, 6.07) is 5.17. The van der Waals surface area contributed by atoms with Crippen LogP contribution >= 0.6 is 15.9 Å². The lowest BCUT2D eigenvalue weighted by Crippen LogP contribution is -2.29. The lowest BCUT2D eigenvalue weighted by molar-refractivity contribution is 0.182. The highest BCUT2D eigenvalue weighted by atomic mass is 79.9. The molecule has 0 radical (unpaired) electrons. The van der Waals surface area contributed by atoms with Crippen LogP contribution in [0.15, 0.2) is 39.4 Å². The largest absolute Gasteiger partial charge is 0.507 e. The van der Waals surface area contributed by atoms with Crippen LogP contribution in [0.4, 0.5) is 0 Å². The Balaban J connectivity index is 2.20. The van der Waals surface area contributed by atoms with Crippen molar-refractivity contribution in [3.8, 4) is 5.75 Å². The fraction of sp³-hybridized carbons (Fsp3) is 0.500. The number of aliphatic hydroxyl groups excluding tert-OH is 2. The molecule has 1 heterocycles. The highest BCUT2D eigenvalue weighted by Gasteiger charge is 2.40. The summed E-state index contributed by atoms with van der Waals surface area (Å²) in [6.07, 6.45) is 2.48. The Morgan fingerprint density at radius 1 is 1.43 bits per heavy atom. The molecular weight excluding hydrogens is 448 g/mol. The van der Waals surface area contributed by atoms with Crippen molar-refractivity contribution in [3.63, 3.8) is 0 Å². The van der Waals surface area contributed by atoms with Gasteiger partial charge in [-0.15, -0.1) is 0 Å². The summed E-state index contributed by atoms with van der Waals surface area (Å²) in [5, 5.41) is 29.2. The van der Waals surface area contributed by atoms with Crippen molar-refractivity contribution in [1.29, 1.82) is 0 Å². The second-order valence-corrected chi connectivity index (χ2v) is 9.98. The molecule has 2 atom stereocenters. The number of hydrogen-bond acceptors (Lipinski definition) is 6. The number of sulfone groups is 1. The number of phenolic OH excluding ortho intramolecular Hbond substituents is 1. The summed E-state index contributed by atoms with van der Waals surface area (Å²) in [6.45, 7) is 1.55. The van der Waals surface area contributed by atoms with Crippen LogP contribution in [0.5, 0.6) is 5.75 Å². The molecule has 0 unspecified atom stereocenters. The van der Waals surface area contributed by atoms with Crippen LogP contribution in [0.3, 0.4) is 0 Å². The molecule has 8 heteroatoms. The van der Waals surface area contributed by atoms with Gasteiger partial charge in [-0.3, -0.25) is 0 Å². The smallest absolute Gasteiger partial charge is 0.163 e. The van der Waals surface area contributed by atoms with E-state index in [1.807, 2.05) is 19.1 Å². The minimum absolute atomic E-state index is 0.116. The molecule has 0 aromatic heterocycles. The first-order valence-corrected chi connectivity index (χ1v) is 11.6. The third-order valence-corrected chi connectivity index (χ3v) is 7.46. The van der Waals surface area contributed by atoms with Crippen LogP contribution in [-0.2, 0) is 14.6 Å². The van der Waals surface area contributed by atoms with Crippen molar-refractivity contribution in [2.45, 2.75) is 37.5 Å². The molecule has 0 bridgehead atoms. The van der Waals surface area contributed by atoms with E-state index in [2.05, 4.69) is 15.9 Å². The van der Waals surface area contributed by atoms with Crippen molar-refractivity contribution in [2.24, 2.45) is 0 Å². The number of aliphatic hydroxyl groups is 2. The van der Waals surface area contributed by atoms with Crippen LogP contribution in [0.2, 0.25) is 0 Å². The lowest BCUT2D eigenvalue weighted by Gasteiger charge is -2.19. The van der Waals surface area contributed by atoms with Gasteiger partial charge in [0.2, 0.25) is 0 Å². The summed E-state index contributed by atoms with van der Waals surface area (Å²) in [5.74, 6) is -0.0251. The third-order valence-electron chi connectivity index (χ3n) is 4.95. The summed E-state index contributed by atoms with van der Waals surface area (Å²) < 4.78 is 30.5. The number of aromatic hydroxyl groups is 1.